The van der Waals surface area contributed by atoms with Crippen LogP contribution in [0, 0.1) is 0 Å². The zero-order valence-corrected chi connectivity index (χ0v) is 12.8. The van der Waals surface area contributed by atoms with Gasteiger partial charge in [-0.05, 0) is 18.7 Å². The van der Waals surface area contributed by atoms with Crippen molar-refractivity contribution in [2.45, 2.75) is 19.6 Å². The predicted molar refractivity (Wildman–Crippen MR) is 87.6 cm³/mol. The number of carbonyl (C=O) groups is 1. The molecule has 0 radical (unpaired) electrons. The van der Waals surface area contributed by atoms with Crippen LogP contribution in [-0.4, -0.2) is 19.5 Å². The molecule has 4 nitrogen and oxygen atoms in total. The van der Waals surface area contributed by atoms with Gasteiger partial charge >= 0.3 is 0 Å². The molecular weight excluding hydrogens is 276 g/mol. The molecule has 0 aliphatic heterocycles. The Morgan fingerprint density at radius 2 is 1.77 bits per heavy atom. The number of carbonyl (C=O) groups excluding carboxylic acids is 1. The van der Waals surface area contributed by atoms with Crippen molar-refractivity contribution >= 4 is 5.91 Å². The Hall–Kier alpha value is -2.33. The number of para-hydroxylation sites is 1. The highest BCUT2D eigenvalue weighted by Gasteiger charge is 2.06. The van der Waals surface area contributed by atoms with Crippen molar-refractivity contribution in [3.8, 4) is 5.75 Å². The first-order chi connectivity index (χ1) is 10.8. The molecule has 0 aromatic heterocycles. The third-order valence-electron chi connectivity index (χ3n) is 3.29. The van der Waals surface area contributed by atoms with Crippen LogP contribution in [-0.2, 0) is 17.9 Å². The standard InChI is InChI=1S/C18H22N2O2/c1-19-12-11-18(21)20-13-16-9-5-6-10-17(16)22-14-15-7-3-2-4-8-15/h2-10,19H,11-14H2,1H3,(H,20,21). The fraction of sp³-hybridized carbons (Fsp3) is 0.278. The van der Waals surface area contributed by atoms with Crippen molar-refractivity contribution < 1.29 is 9.53 Å². The Morgan fingerprint density at radius 1 is 1.05 bits per heavy atom. The van der Waals surface area contributed by atoms with Crippen LogP contribution >= 0.6 is 0 Å². The molecule has 4 heteroatoms. The summed E-state index contributed by atoms with van der Waals surface area (Å²) in [5.41, 5.74) is 2.10. The van der Waals surface area contributed by atoms with Crippen LogP contribution in [0.3, 0.4) is 0 Å². The zero-order valence-electron chi connectivity index (χ0n) is 12.8. The summed E-state index contributed by atoms with van der Waals surface area (Å²) in [5, 5.41) is 5.87. The molecule has 1 amide bonds. The fourth-order valence-electron chi connectivity index (χ4n) is 2.05. The molecule has 2 aromatic rings. The van der Waals surface area contributed by atoms with Crippen LogP contribution in [0.25, 0.3) is 0 Å². The first-order valence-electron chi connectivity index (χ1n) is 7.45. The Bertz CT molecular complexity index is 585. The van der Waals surface area contributed by atoms with Crippen LogP contribution in [0.5, 0.6) is 5.75 Å². The van der Waals surface area contributed by atoms with Crippen molar-refractivity contribution in [1.82, 2.24) is 10.6 Å². The summed E-state index contributed by atoms with van der Waals surface area (Å²) in [6.45, 7) is 1.68. The monoisotopic (exact) mass is 298 g/mol. The van der Waals surface area contributed by atoms with E-state index >= 15 is 0 Å². The minimum absolute atomic E-state index is 0.0345. The van der Waals surface area contributed by atoms with Gasteiger partial charge in [-0.2, -0.15) is 0 Å². The van der Waals surface area contributed by atoms with Gasteiger partial charge < -0.3 is 15.4 Å². The van der Waals surface area contributed by atoms with Gasteiger partial charge in [0.1, 0.15) is 12.4 Å². The summed E-state index contributed by atoms with van der Waals surface area (Å²) in [4.78, 5) is 11.7. The van der Waals surface area contributed by atoms with Gasteiger partial charge in [0.05, 0.1) is 0 Å². The Balaban J connectivity index is 1.90. The lowest BCUT2D eigenvalue weighted by Crippen LogP contribution is -2.26. The average Bonchev–Trinajstić information content (AvgIpc) is 2.58. The maximum absolute atomic E-state index is 11.7. The number of hydrogen-bond donors (Lipinski definition) is 2. The third-order valence-corrected chi connectivity index (χ3v) is 3.29. The second-order valence-electron chi connectivity index (χ2n) is 5.01. The lowest BCUT2D eigenvalue weighted by Gasteiger charge is -2.12. The van der Waals surface area contributed by atoms with Gasteiger partial charge in [0, 0.05) is 25.1 Å². The van der Waals surface area contributed by atoms with E-state index < -0.39 is 0 Å². The molecule has 116 valence electrons. The van der Waals surface area contributed by atoms with Crippen molar-refractivity contribution in [2.24, 2.45) is 0 Å². The van der Waals surface area contributed by atoms with E-state index in [2.05, 4.69) is 10.6 Å². The number of nitrogens with one attached hydrogen (secondary N) is 2. The second-order valence-corrected chi connectivity index (χ2v) is 5.01. The van der Waals surface area contributed by atoms with Crippen molar-refractivity contribution in [3.05, 3.63) is 65.7 Å². The number of rotatable bonds is 8. The average molecular weight is 298 g/mol. The Morgan fingerprint density at radius 3 is 2.55 bits per heavy atom. The SMILES string of the molecule is CNCCC(=O)NCc1ccccc1OCc1ccccc1. The van der Waals surface area contributed by atoms with Gasteiger partial charge in [-0.25, -0.2) is 0 Å². The molecule has 2 aromatic carbocycles. The molecule has 0 bridgehead atoms. The number of benzene rings is 2. The Labute approximate surface area is 131 Å². The minimum atomic E-state index is 0.0345. The number of amides is 1. The van der Waals surface area contributed by atoms with E-state index in [0.29, 0.717) is 26.1 Å². The maximum atomic E-state index is 11.7. The molecule has 2 N–H and O–H groups in total. The topological polar surface area (TPSA) is 50.4 Å². The highest BCUT2D eigenvalue weighted by atomic mass is 16.5. The van der Waals surface area contributed by atoms with Crippen LogP contribution in [0.15, 0.2) is 54.6 Å². The molecule has 2 rings (SSSR count). The summed E-state index contributed by atoms with van der Waals surface area (Å²) in [6.07, 6.45) is 0.476. The summed E-state index contributed by atoms with van der Waals surface area (Å²) in [7, 11) is 1.83. The molecule has 0 fully saturated rings. The van der Waals surface area contributed by atoms with Crippen LogP contribution in [0.2, 0.25) is 0 Å². The first-order valence-corrected chi connectivity index (χ1v) is 7.45. The van der Waals surface area contributed by atoms with Gasteiger partial charge in [0.25, 0.3) is 0 Å². The van der Waals surface area contributed by atoms with E-state index in [1.165, 1.54) is 0 Å². The normalized spacial score (nSPS) is 10.2. The summed E-state index contributed by atoms with van der Waals surface area (Å²) >= 11 is 0. The lowest BCUT2D eigenvalue weighted by atomic mass is 10.2. The molecule has 0 spiro atoms. The highest BCUT2D eigenvalue weighted by Crippen LogP contribution is 2.19. The third kappa shape index (κ3) is 5.22. The van der Waals surface area contributed by atoms with Gasteiger partial charge in [0.15, 0.2) is 0 Å². The van der Waals surface area contributed by atoms with E-state index in [-0.39, 0.29) is 5.91 Å². The van der Waals surface area contributed by atoms with Gasteiger partial charge in [0.2, 0.25) is 5.91 Å². The predicted octanol–water partition coefficient (Wildman–Crippen LogP) is 2.49. The Kier molecular flexibility index (Phi) is 6.45. The molecular formula is C18H22N2O2. The second kappa shape index (κ2) is 8.85. The van der Waals surface area contributed by atoms with E-state index in [1.807, 2.05) is 61.6 Å². The van der Waals surface area contributed by atoms with E-state index in [4.69, 9.17) is 4.74 Å². The van der Waals surface area contributed by atoms with E-state index in [0.717, 1.165) is 16.9 Å². The number of ether oxygens (including phenoxy) is 1. The van der Waals surface area contributed by atoms with Gasteiger partial charge in [-0.1, -0.05) is 48.5 Å². The van der Waals surface area contributed by atoms with Gasteiger partial charge in [-0.15, -0.1) is 0 Å². The summed E-state index contributed by atoms with van der Waals surface area (Å²) in [5.74, 6) is 0.840. The maximum Gasteiger partial charge on any atom is 0.221 e. The van der Waals surface area contributed by atoms with Crippen molar-refractivity contribution in [3.63, 3.8) is 0 Å². The zero-order chi connectivity index (χ0) is 15.6. The van der Waals surface area contributed by atoms with Crippen LogP contribution < -0.4 is 15.4 Å². The first kappa shape index (κ1) is 16.0. The smallest absolute Gasteiger partial charge is 0.221 e. The molecule has 0 aliphatic rings. The molecule has 0 heterocycles. The van der Waals surface area contributed by atoms with Crippen LogP contribution in [0.4, 0.5) is 0 Å². The largest absolute Gasteiger partial charge is 0.489 e. The molecule has 0 unspecified atom stereocenters. The lowest BCUT2D eigenvalue weighted by molar-refractivity contribution is -0.121. The summed E-state index contributed by atoms with van der Waals surface area (Å²) in [6, 6.07) is 17.8. The molecule has 22 heavy (non-hydrogen) atoms. The molecule has 0 saturated heterocycles. The quantitative estimate of drug-likeness (QED) is 0.787. The highest BCUT2D eigenvalue weighted by molar-refractivity contribution is 5.76. The minimum Gasteiger partial charge on any atom is -0.489 e. The van der Waals surface area contributed by atoms with E-state index in [1.54, 1.807) is 0 Å². The summed E-state index contributed by atoms with van der Waals surface area (Å²) < 4.78 is 5.87. The van der Waals surface area contributed by atoms with Crippen molar-refractivity contribution in [2.75, 3.05) is 13.6 Å². The fourth-order valence-corrected chi connectivity index (χ4v) is 2.05. The van der Waals surface area contributed by atoms with E-state index in [9.17, 15) is 4.79 Å². The van der Waals surface area contributed by atoms with Crippen molar-refractivity contribution in [1.29, 1.82) is 0 Å². The number of hydrogen-bond acceptors (Lipinski definition) is 3. The van der Waals surface area contributed by atoms with Gasteiger partial charge in [-0.3, -0.25) is 4.79 Å². The van der Waals surface area contributed by atoms with Crippen LogP contribution in [0.1, 0.15) is 17.5 Å². The molecule has 0 aliphatic carbocycles. The molecule has 0 saturated carbocycles. The molecule has 0 atom stereocenters.